The van der Waals surface area contributed by atoms with Crippen molar-refractivity contribution in [3.63, 3.8) is 0 Å². The third-order valence-electron chi connectivity index (χ3n) is 3.62. The molecule has 3 rings (SSSR count). The first-order valence-corrected chi connectivity index (χ1v) is 8.20. The first kappa shape index (κ1) is 18.6. The molecule has 1 aliphatic rings. The molecule has 0 aliphatic carbocycles. The highest BCUT2D eigenvalue weighted by molar-refractivity contribution is 6.35. The second-order valence-corrected chi connectivity index (χ2v) is 6.29. The number of fused-ring (bicyclic) bond motifs is 1. The molecule has 0 saturated carbocycles. The molecule has 4 nitrogen and oxygen atoms in total. The molecule has 0 unspecified atom stereocenters. The van der Waals surface area contributed by atoms with Crippen LogP contribution in [0.2, 0.25) is 15.3 Å². The number of hydrogen-bond acceptors (Lipinski definition) is 4. The van der Waals surface area contributed by atoms with Crippen LogP contribution >= 0.6 is 47.2 Å². The molecule has 2 aromatic rings. The maximum Gasteiger partial charge on any atom is 0.224 e. The van der Waals surface area contributed by atoms with Gasteiger partial charge >= 0.3 is 0 Å². The van der Waals surface area contributed by atoms with E-state index >= 15 is 0 Å². The molecule has 2 heterocycles. The van der Waals surface area contributed by atoms with Gasteiger partial charge in [-0.1, -0.05) is 29.3 Å². The van der Waals surface area contributed by atoms with E-state index in [4.69, 9.17) is 34.8 Å². The largest absolute Gasteiger partial charge is 0.366 e. The van der Waals surface area contributed by atoms with Crippen molar-refractivity contribution < 1.29 is 0 Å². The summed E-state index contributed by atoms with van der Waals surface area (Å²) in [5.41, 5.74) is 3.09. The number of hydrogen-bond donors (Lipinski definition) is 2. The van der Waals surface area contributed by atoms with Crippen molar-refractivity contribution in [2.45, 2.75) is 19.4 Å². The van der Waals surface area contributed by atoms with Crippen molar-refractivity contribution in [3.8, 4) is 0 Å². The van der Waals surface area contributed by atoms with Crippen LogP contribution in [0.25, 0.3) is 0 Å². The molecule has 0 amide bonds. The van der Waals surface area contributed by atoms with Crippen molar-refractivity contribution in [2.75, 3.05) is 18.4 Å². The fourth-order valence-corrected chi connectivity index (χ4v) is 3.17. The zero-order chi connectivity index (χ0) is 15.5. The highest BCUT2D eigenvalue weighted by atomic mass is 35.5. The van der Waals surface area contributed by atoms with Gasteiger partial charge in [0.1, 0.15) is 5.82 Å². The van der Waals surface area contributed by atoms with Crippen LogP contribution in [0.5, 0.6) is 0 Å². The van der Waals surface area contributed by atoms with Gasteiger partial charge in [0.25, 0.3) is 0 Å². The quantitative estimate of drug-likeness (QED) is 0.768. The third kappa shape index (κ3) is 4.61. The SMILES string of the molecule is Cl.Clc1ccc(CNc2nc(Cl)nc3c2CCNCC3)c(Cl)c1. The van der Waals surface area contributed by atoms with Gasteiger partial charge in [-0.15, -0.1) is 12.4 Å². The van der Waals surface area contributed by atoms with Gasteiger partial charge in [0, 0.05) is 35.1 Å². The van der Waals surface area contributed by atoms with E-state index in [-0.39, 0.29) is 17.7 Å². The number of aromatic nitrogens is 2. The lowest BCUT2D eigenvalue weighted by Crippen LogP contribution is -2.16. The van der Waals surface area contributed by atoms with E-state index in [9.17, 15) is 0 Å². The van der Waals surface area contributed by atoms with Gasteiger partial charge in [-0.05, 0) is 42.3 Å². The molecule has 8 heteroatoms. The Labute approximate surface area is 156 Å². The van der Waals surface area contributed by atoms with Gasteiger partial charge in [-0.2, -0.15) is 0 Å². The second kappa shape index (κ2) is 8.36. The van der Waals surface area contributed by atoms with Crippen molar-refractivity contribution in [1.82, 2.24) is 15.3 Å². The summed E-state index contributed by atoms with van der Waals surface area (Å²) in [5.74, 6) is 0.782. The van der Waals surface area contributed by atoms with E-state index in [2.05, 4.69) is 20.6 Å². The Kier molecular flexibility index (Phi) is 6.74. The van der Waals surface area contributed by atoms with E-state index in [1.807, 2.05) is 12.1 Å². The lowest BCUT2D eigenvalue weighted by atomic mass is 10.1. The first-order chi connectivity index (χ1) is 10.6. The van der Waals surface area contributed by atoms with Crippen molar-refractivity contribution in [1.29, 1.82) is 0 Å². The Morgan fingerprint density at radius 3 is 2.65 bits per heavy atom. The molecule has 1 aromatic carbocycles. The standard InChI is InChI=1S/C15H15Cl3N4.ClH/c16-10-2-1-9(12(17)7-10)8-20-14-11-3-5-19-6-4-13(11)21-15(18)22-14;/h1-2,7,19H,3-6,8H2,(H,20,21,22);1H. The summed E-state index contributed by atoms with van der Waals surface area (Å²) in [6.07, 6.45) is 1.73. The van der Waals surface area contributed by atoms with Crippen molar-refractivity contribution in [3.05, 3.63) is 50.3 Å². The van der Waals surface area contributed by atoms with E-state index in [1.165, 1.54) is 0 Å². The molecular formula is C15H16Cl4N4. The fraction of sp³-hybridized carbons (Fsp3) is 0.333. The summed E-state index contributed by atoms with van der Waals surface area (Å²) in [4.78, 5) is 8.69. The average Bonchev–Trinajstić information content (AvgIpc) is 2.71. The summed E-state index contributed by atoms with van der Waals surface area (Å²) in [7, 11) is 0. The number of rotatable bonds is 3. The Morgan fingerprint density at radius 2 is 1.87 bits per heavy atom. The lowest BCUT2D eigenvalue weighted by molar-refractivity contribution is 0.708. The Morgan fingerprint density at radius 1 is 1.09 bits per heavy atom. The van der Waals surface area contributed by atoms with Crippen LogP contribution in [0.4, 0.5) is 5.82 Å². The molecule has 0 saturated heterocycles. The summed E-state index contributed by atoms with van der Waals surface area (Å²) in [6.45, 7) is 2.38. The van der Waals surface area contributed by atoms with Crippen molar-refractivity contribution in [2.24, 2.45) is 0 Å². The second-order valence-electron chi connectivity index (χ2n) is 5.11. The molecule has 0 fully saturated rings. The third-order valence-corrected chi connectivity index (χ3v) is 4.37. The van der Waals surface area contributed by atoms with E-state index < -0.39 is 0 Å². The van der Waals surface area contributed by atoms with Gasteiger partial charge in [-0.3, -0.25) is 0 Å². The molecule has 23 heavy (non-hydrogen) atoms. The van der Waals surface area contributed by atoms with Crippen molar-refractivity contribution >= 4 is 53.0 Å². The fourth-order valence-electron chi connectivity index (χ4n) is 2.51. The normalized spacial score (nSPS) is 13.7. The van der Waals surface area contributed by atoms with Crippen LogP contribution < -0.4 is 10.6 Å². The number of anilines is 1. The summed E-state index contributed by atoms with van der Waals surface area (Å²) < 4.78 is 0. The predicted molar refractivity (Wildman–Crippen MR) is 98.4 cm³/mol. The van der Waals surface area contributed by atoms with Gasteiger partial charge in [0.15, 0.2) is 0 Å². The number of halogens is 4. The lowest BCUT2D eigenvalue weighted by Gasteiger charge is -2.13. The number of benzene rings is 1. The van der Waals surface area contributed by atoms with Gasteiger partial charge in [-0.25, -0.2) is 9.97 Å². The highest BCUT2D eigenvalue weighted by Gasteiger charge is 2.16. The molecule has 0 spiro atoms. The maximum absolute atomic E-state index is 6.20. The van der Waals surface area contributed by atoms with E-state index in [1.54, 1.807) is 6.07 Å². The number of nitrogens with one attached hydrogen (secondary N) is 2. The van der Waals surface area contributed by atoms with E-state index in [0.717, 1.165) is 48.6 Å². The Hall–Kier alpha value is -0.780. The topological polar surface area (TPSA) is 49.8 Å². The van der Waals surface area contributed by atoms with Crippen LogP contribution in [0.3, 0.4) is 0 Å². The monoisotopic (exact) mass is 392 g/mol. The maximum atomic E-state index is 6.20. The van der Waals surface area contributed by atoms with Crippen LogP contribution in [0.1, 0.15) is 16.8 Å². The molecule has 124 valence electrons. The molecular weight excluding hydrogens is 378 g/mol. The average molecular weight is 394 g/mol. The molecule has 0 radical (unpaired) electrons. The van der Waals surface area contributed by atoms with E-state index in [0.29, 0.717) is 16.6 Å². The van der Waals surface area contributed by atoms with Crippen LogP contribution in [0.15, 0.2) is 18.2 Å². The minimum Gasteiger partial charge on any atom is -0.366 e. The smallest absolute Gasteiger partial charge is 0.224 e. The summed E-state index contributed by atoms with van der Waals surface area (Å²) >= 11 is 18.2. The zero-order valence-corrected chi connectivity index (χ0v) is 15.3. The van der Waals surface area contributed by atoms with Crippen LogP contribution in [-0.2, 0) is 19.4 Å². The molecule has 0 atom stereocenters. The molecule has 1 aromatic heterocycles. The summed E-state index contributed by atoms with van der Waals surface area (Å²) in [5, 5.41) is 8.21. The first-order valence-electron chi connectivity index (χ1n) is 7.07. The molecule has 0 bridgehead atoms. The van der Waals surface area contributed by atoms with Crippen LogP contribution in [-0.4, -0.2) is 23.1 Å². The predicted octanol–water partition coefficient (Wildman–Crippen LogP) is 4.16. The zero-order valence-electron chi connectivity index (χ0n) is 12.2. The number of nitrogens with zero attached hydrogens (tertiary/aromatic N) is 2. The highest BCUT2D eigenvalue weighted by Crippen LogP contribution is 2.25. The van der Waals surface area contributed by atoms with Crippen LogP contribution in [0, 0.1) is 0 Å². The molecule has 1 aliphatic heterocycles. The molecule has 2 N–H and O–H groups in total. The van der Waals surface area contributed by atoms with Gasteiger partial charge in [0.2, 0.25) is 5.28 Å². The Bertz CT molecular complexity index is 693. The minimum absolute atomic E-state index is 0. The van der Waals surface area contributed by atoms with Gasteiger partial charge < -0.3 is 10.6 Å². The summed E-state index contributed by atoms with van der Waals surface area (Å²) in [6, 6.07) is 5.46. The minimum atomic E-state index is 0. The Balaban J connectivity index is 0.00000192. The van der Waals surface area contributed by atoms with Gasteiger partial charge in [0.05, 0.1) is 5.69 Å².